The molecular formula is C15H17F3N4O. The Bertz CT molecular complexity index is 638. The summed E-state index contributed by atoms with van der Waals surface area (Å²) in [5.41, 5.74) is 4.87. The molecule has 1 fully saturated rings. The molecule has 2 heterocycles. The number of hydrogen-bond acceptors (Lipinski definition) is 4. The first-order valence-electron chi connectivity index (χ1n) is 7.43. The Morgan fingerprint density at radius 2 is 2.04 bits per heavy atom. The maximum absolute atomic E-state index is 12.9. The second-order valence-corrected chi connectivity index (χ2v) is 6.09. The van der Waals surface area contributed by atoms with E-state index in [1.165, 1.54) is 0 Å². The molecule has 0 bridgehead atoms. The Balaban J connectivity index is 1.56. The van der Waals surface area contributed by atoms with Crippen LogP contribution in [0.15, 0.2) is 34.5 Å². The van der Waals surface area contributed by atoms with Crippen molar-refractivity contribution < 1.29 is 18.0 Å². The lowest BCUT2D eigenvalue weighted by atomic mass is 9.96. The van der Waals surface area contributed by atoms with Crippen LogP contribution in [-0.2, 0) is 11.2 Å². The van der Waals surface area contributed by atoms with Gasteiger partial charge in [0.05, 0.1) is 6.42 Å². The lowest BCUT2D eigenvalue weighted by Gasteiger charge is -2.20. The van der Waals surface area contributed by atoms with Crippen molar-refractivity contribution in [1.82, 2.24) is 4.90 Å². The summed E-state index contributed by atoms with van der Waals surface area (Å²) in [5.74, 6) is -0.347. The van der Waals surface area contributed by atoms with Gasteiger partial charge in [-0.25, -0.2) is 0 Å². The molecule has 2 aliphatic heterocycles. The SMILES string of the molecule is Nc1ccccc1CC(=O)N1CCC(CC2(C(F)(F)F)N=N2)C1. The molecule has 8 heteroatoms. The molecule has 1 unspecified atom stereocenters. The fourth-order valence-electron chi connectivity index (χ4n) is 2.97. The van der Waals surface area contributed by atoms with Gasteiger partial charge in [0.15, 0.2) is 0 Å². The van der Waals surface area contributed by atoms with E-state index in [9.17, 15) is 18.0 Å². The number of alkyl halides is 3. The molecule has 0 spiro atoms. The largest absolute Gasteiger partial charge is 0.437 e. The summed E-state index contributed by atoms with van der Waals surface area (Å²) in [4.78, 5) is 13.9. The minimum absolute atomic E-state index is 0.115. The van der Waals surface area contributed by atoms with Crippen LogP contribution in [0.3, 0.4) is 0 Å². The first-order chi connectivity index (χ1) is 10.8. The van der Waals surface area contributed by atoms with Crippen LogP contribution in [0.4, 0.5) is 18.9 Å². The number of likely N-dealkylation sites (tertiary alicyclic amines) is 1. The van der Waals surface area contributed by atoms with Crippen molar-refractivity contribution in [1.29, 1.82) is 0 Å². The summed E-state index contributed by atoms with van der Waals surface area (Å²) in [6.07, 6.45) is -3.91. The molecule has 1 amide bonds. The Hall–Kier alpha value is -2.12. The molecule has 1 aromatic rings. The van der Waals surface area contributed by atoms with Gasteiger partial charge in [0.2, 0.25) is 5.91 Å². The molecular weight excluding hydrogens is 309 g/mol. The average molecular weight is 326 g/mol. The Morgan fingerprint density at radius 3 is 2.65 bits per heavy atom. The summed E-state index contributed by atoms with van der Waals surface area (Å²) < 4.78 is 38.6. The second kappa shape index (κ2) is 5.50. The van der Waals surface area contributed by atoms with Gasteiger partial charge in [0.1, 0.15) is 0 Å². The van der Waals surface area contributed by atoms with Crippen LogP contribution in [0.2, 0.25) is 0 Å². The van der Waals surface area contributed by atoms with Crippen molar-refractivity contribution in [2.24, 2.45) is 16.1 Å². The maximum Gasteiger partial charge on any atom is 0.437 e. The monoisotopic (exact) mass is 326 g/mol. The predicted octanol–water partition coefficient (Wildman–Crippen LogP) is 2.77. The summed E-state index contributed by atoms with van der Waals surface area (Å²) in [6.45, 7) is 0.776. The molecule has 0 aliphatic carbocycles. The number of halogens is 3. The summed E-state index contributed by atoms with van der Waals surface area (Å²) in [5, 5.41) is 6.40. The topological polar surface area (TPSA) is 71.1 Å². The highest BCUT2D eigenvalue weighted by atomic mass is 19.4. The fraction of sp³-hybridized carbons (Fsp3) is 0.533. The van der Waals surface area contributed by atoms with Gasteiger partial charge in [-0.3, -0.25) is 4.79 Å². The molecule has 3 rings (SSSR count). The molecule has 2 N–H and O–H groups in total. The molecule has 2 aliphatic rings. The molecule has 1 atom stereocenters. The number of benzene rings is 1. The van der Waals surface area contributed by atoms with Gasteiger partial charge in [-0.15, -0.1) is 10.2 Å². The van der Waals surface area contributed by atoms with Gasteiger partial charge in [-0.2, -0.15) is 13.2 Å². The minimum atomic E-state index is -4.44. The molecule has 0 aromatic heterocycles. The molecule has 0 saturated carbocycles. The first kappa shape index (κ1) is 15.8. The Morgan fingerprint density at radius 1 is 1.35 bits per heavy atom. The number of carbonyl (C=O) groups is 1. The number of rotatable bonds is 4. The zero-order chi connectivity index (χ0) is 16.7. The third kappa shape index (κ3) is 3.16. The molecule has 1 saturated heterocycles. The molecule has 1 aromatic carbocycles. The smallest absolute Gasteiger partial charge is 0.398 e. The minimum Gasteiger partial charge on any atom is -0.398 e. The van der Waals surface area contributed by atoms with Crippen molar-refractivity contribution in [3.05, 3.63) is 29.8 Å². The van der Waals surface area contributed by atoms with Gasteiger partial charge in [-0.05, 0) is 24.0 Å². The number of amides is 1. The number of carbonyl (C=O) groups excluding carboxylic acids is 1. The van der Waals surface area contributed by atoms with E-state index in [0.717, 1.165) is 5.56 Å². The van der Waals surface area contributed by atoms with E-state index in [-0.39, 0.29) is 24.7 Å². The number of para-hydroxylation sites is 1. The highest BCUT2D eigenvalue weighted by Crippen LogP contribution is 2.49. The van der Waals surface area contributed by atoms with Crippen molar-refractivity contribution >= 4 is 11.6 Å². The summed E-state index contributed by atoms with van der Waals surface area (Å²) in [6, 6.07) is 7.09. The van der Waals surface area contributed by atoms with Crippen LogP contribution in [0.25, 0.3) is 0 Å². The Labute approximate surface area is 131 Å². The van der Waals surface area contributed by atoms with Crippen LogP contribution in [0.5, 0.6) is 0 Å². The quantitative estimate of drug-likeness (QED) is 0.864. The van der Waals surface area contributed by atoms with E-state index < -0.39 is 11.8 Å². The van der Waals surface area contributed by atoms with Crippen molar-refractivity contribution in [3.8, 4) is 0 Å². The zero-order valence-electron chi connectivity index (χ0n) is 12.4. The van der Waals surface area contributed by atoms with E-state index in [0.29, 0.717) is 25.2 Å². The number of hydrogen-bond donors (Lipinski definition) is 1. The normalized spacial score (nSPS) is 22.4. The van der Waals surface area contributed by atoms with Gasteiger partial charge < -0.3 is 10.6 Å². The average Bonchev–Trinajstić information content (AvgIpc) is 3.12. The van der Waals surface area contributed by atoms with E-state index >= 15 is 0 Å². The number of nitrogen functional groups attached to an aromatic ring is 1. The number of anilines is 1. The fourth-order valence-corrected chi connectivity index (χ4v) is 2.97. The third-order valence-corrected chi connectivity index (χ3v) is 4.40. The standard InChI is InChI=1S/C15H17F3N4O/c16-15(17,18)14(20-21-14)8-10-5-6-22(9-10)13(23)7-11-3-1-2-4-12(11)19/h1-4,10H,5-9,19H2. The predicted molar refractivity (Wildman–Crippen MR) is 77.5 cm³/mol. The first-order valence-corrected chi connectivity index (χ1v) is 7.43. The summed E-state index contributed by atoms with van der Waals surface area (Å²) >= 11 is 0. The van der Waals surface area contributed by atoms with Crippen LogP contribution >= 0.6 is 0 Å². The van der Waals surface area contributed by atoms with Crippen LogP contribution < -0.4 is 5.73 Å². The highest BCUT2D eigenvalue weighted by molar-refractivity contribution is 5.80. The highest BCUT2D eigenvalue weighted by Gasteiger charge is 2.64. The van der Waals surface area contributed by atoms with Crippen molar-refractivity contribution in [2.75, 3.05) is 18.8 Å². The zero-order valence-corrected chi connectivity index (χ0v) is 12.4. The van der Waals surface area contributed by atoms with Crippen LogP contribution in [0.1, 0.15) is 18.4 Å². The van der Waals surface area contributed by atoms with Crippen molar-refractivity contribution in [3.63, 3.8) is 0 Å². The van der Waals surface area contributed by atoms with Crippen LogP contribution in [-0.4, -0.2) is 35.7 Å². The molecule has 0 radical (unpaired) electrons. The Kier molecular flexibility index (Phi) is 3.77. The number of nitrogens with zero attached hydrogens (tertiary/aromatic N) is 3. The third-order valence-electron chi connectivity index (χ3n) is 4.40. The van der Waals surface area contributed by atoms with E-state index in [2.05, 4.69) is 10.2 Å². The lowest BCUT2D eigenvalue weighted by Crippen LogP contribution is -2.36. The van der Waals surface area contributed by atoms with Crippen molar-refractivity contribution in [2.45, 2.75) is 31.1 Å². The van der Waals surface area contributed by atoms with Gasteiger partial charge in [-0.1, -0.05) is 18.2 Å². The van der Waals surface area contributed by atoms with Gasteiger partial charge in [0, 0.05) is 25.2 Å². The maximum atomic E-state index is 12.9. The van der Waals surface area contributed by atoms with Gasteiger partial charge in [0.25, 0.3) is 5.66 Å². The van der Waals surface area contributed by atoms with Crippen LogP contribution in [0, 0.1) is 5.92 Å². The van der Waals surface area contributed by atoms with E-state index in [4.69, 9.17) is 5.73 Å². The number of nitrogens with two attached hydrogens (primary N) is 1. The lowest BCUT2D eigenvalue weighted by molar-refractivity contribution is -0.167. The van der Waals surface area contributed by atoms with Gasteiger partial charge >= 0.3 is 6.18 Å². The molecule has 124 valence electrons. The van der Waals surface area contributed by atoms with E-state index in [1.54, 1.807) is 29.2 Å². The van der Waals surface area contributed by atoms with E-state index in [1.807, 2.05) is 0 Å². The molecule has 5 nitrogen and oxygen atoms in total. The molecule has 23 heavy (non-hydrogen) atoms. The second-order valence-electron chi connectivity index (χ2n) is 6.09. The summed E-state index contributed by atoms with van der Waals surface area (Å²) in [7, 11) is 0.